The molecular formula is C15H20N2OS. The van der Waals surface area contributed by atoms with Crippen LogP contribution in [0.25, 0.3) is 4.83 Å². The van der Waals surface area contributed by atoms with Gasteiger partial charge in [0.05, 0.1) is 11.9 Å². The maximum absolute atomic E-state index is 11.0. The van der Waals surface area contributed by atoms with Gasteiger partial charge in [-0.3, -0.25) is 4.40 Å². The Bertz CT molecular complexity index is 605. The summed E-state index contributed by atoms with van der Waals surface area (Å²) in [4.78, 5) is 6.83. The number of thiazole rings is 1. The van der Waals surface area contributed by atoms with Crippen LogP contribution in [-0.2, 0) is 0 Å². The first-order chi connectivity index (χ1) is 9.19. The number of hydrogen-bond donors (Lipinski definition) is 1. The lowest BCUT2D eigenvalue weighted by molar-refractivity contribution is 0.0362. The number of imidazole rings is 1. The molecule has 2 aliphatic rings. The second-order valence-corrected chi connectivity index (χ2v) is 7.55. The van der Waals surface area contributed by atoms with Gasteiger partial charge in [0, 0.05) is 4.88 Å². The molecule has 0 radical (unpaired) electrons. The molecule has 4 rings (SSSR count). The van der Waals surface area contributed by atoms with Gasteiger partial charge in [0.15, 0.2) is 0 Å². The van der Waals surface area contributed by atoms with Gasteiger partial charge >= 0.3 is 0 Å². The molecule has 4 heteroatoms. The molecule has 2 aromatic heterocycles. The summed E-state index contributed by atoms with van der Waals surface area (Å²) < 4.78 is 2.13. The van der Waals surface area contributed by atoms with E-state index >= 15 is 0 Å². The first-order valence-corrected chi connectivity index (χ1v) is 8.13. The van der Waals surface area contributed by atoms with Crippen molar-refractivity contribution in [2.24, 2.45) is 5.41 Å². The standard InChI is InChI=1S/C15H20N2OS/c1-15(6-2-3-7-15)14(18)12-13(10-4-5-10)19-11-8-16-9-17(11)12/h8-10,14,18H,2-7H2,1H3. The van der Waals surface area contributed by atoms with Crippen LogP contribution in [0.1, 0.15) is 68.0 Å². The Balaban J connectivity index is 1.83. The number of aliphatic hydroxyl groups is 1. The van der Waals surface area contributed by atoms with E-state index in [9.17, 15) is 5.11 Å². The predicted molar refractivity (Wildman–Crippen MR) is 76.6 cm³/mol. The number of nitrogens with zero attached hydrogens (tertiary/aromatic N) is 2. The molecule has 2 fully saturated rings. The van der Waals surface area contributed by atoms with Crippen molar-refractivity contribution in [2.75, 3.05) is 0 Å². The first kappa shape index (κ1) is 11.9. The summed E-state index contributed by atoms with van der Waals surface area (Å²) in [5, 5.41) is 11.0. The van der Waals surface area contributed by atoms with Crippen LogP contribution >= 0.6 is 11.3 Å². The van der Waals surface area contributed by atoms with Gasteiger partial charge in [0.25, 0.3) is 0 Å². The van der Waals surface area contributed by atoms with Crippen LogP contribution in [0, 0.1) is 5.41 Å². The highest BCUT2D eigenvalue weighted by Crippen LogP contribution is 2.53. The lowest BCUT2D eigenvalue weighted by Gasteiger charge is -2.30. The molecule has 0 saturated heterocycles. The van der Waals surface area contributed by atoms with Crippen molar-refractivity contribution in [1.82, 2.24) is 9.38 Å². The van der Waals surface area contributed by atoms with Gasteiger partial charge in [0.2, 0.25) is 0 Å². The van der Waals surface area contributed by atoms with Crippen molar-refractivity contribution in [3.8, 4) is 0 Å². The van der Waals surface area contributed by atoms with Crippen LogP contribution in [-0.4, -0.2) is 14.5 Å². The normalized spacial score (nSPS) is 24.1. The molecule has 1 atom stereocenters. The van der Waals surface area contributed by atoms with Crippen molar-refractivity contribution >= 4 is 16.2 Å². The summed E-state index contributed by atoms with van der Waals surface area (Å²) in [6.07, 6.45) is 10.8. The van der Waals surface area contributed by atoms with E-state index in [1.54, 1.807) is 0 Å². The molecule has 0 bridgehead atoms. The summed E-state index contributed by atoms with van der Waals surface area (Å²) in [5.74, 6) is 0.694. The average molecular weight is 276 g/mol. The van der Waals surface area contributed by atoms with E-state index < -0.39 is 0 Å². The monoisotopic (exact) mass is 276 g/mol. The molecule has 2 aromatic rings. The SMILES string of the molecule is CC1(C(O)c2c(C3CC3)sc3cncn23)CCCC1. The molecule has 0 aromatic carbocycles. The summed E-state index contributed by atoms with van der Waals surface area (Å²) in [7, 11) is 0. The second-order valence-electron chi connectivity index (χ2n) is 6.49. The zero-order valence-electron chi connectivity index (χ0n) is 11.3. The fourth-order valence-corrected chi connectivity index (χ4v) is 4.81. The zero-order valence-corrected chi connectivity index (χ0v) is 12.1. The van der Waals surface area contributed by atoms with Gasteiger partial charge < -0.3 is 5.11 Å². The van der Waals surface area contributed by atoms with Crippen LogP contribution in [0.2, 0.25) is 0 Å². The van der Waals surface area contributed by atoms with E-state index in [2.05, 4.69) is 16.3 Å². The van der Waals surface area contributed by atoms with Crippen molar-refractivity contribution in [3.63, 3.8) is 0 Å². The highest BCUT2D eigenvalue weighted by molar-refractivity contribution is 7.17. The summed E-state index contributed by atoms with van der Waals surface area (Å²) >= 11 is 1.83. The van der Waals surface area contributed by atoms with Crippen LogP contribution in [0.3, 0.4) is 0 Å². The highest BCUT2D eigenvalue weighted by Gasteiger charge is 2.41. The van der Waals surface area contributed by atoms with Gasteiger partial charge in [-0.2, -0.15) is 0 Å². The molecule has 1 unspecified atom stereocenters. The van der Waals surface area contributed by atoms with E-state index in [-0.39, 0.29) is 11.5 Å². The van der Waals surface area contributed by atoms with Gasteiger partial charge in [0.1, 0.15) is 17.3 Å². The quantitative estimate of drug-likeness (QED) is 0.923. The van der Waals surface area contributed by atoms with Crippen molar-refractivity contribution in [2.45, 2.75) is 57.5 Å². The van der Waals surface area contributed by atoms with Crippen molar-refractivity contribution in [3.05, 3.63) is 23.1 Å². The van der Waals surface area contributed by atoms with E-state index in [4.69, 9.17) is 0 Å². The van der Waals surface area contributed by atoms with Crippen molar-refractivity contribution < 1.29 is 5.11 Å². The number of aromatic nitrogens is 2. The number of fused-ring (bicyclic) bond motifs is 1. The molecule has 0 spiro atoms. The largest absolute Gasteiger partial charge is 0.386 e. The van der Waals surface area contributed by atoms with E-state index in [1.165, 1.54) is 35.4 Å². The fourth-order valence-electron chi connectivity index (χ4n) is 3.51. The molecule has 1 N–H and O–H groups in total. The lowest BCUT2D eigenvalue weighted by Crippen LogP contribution is -2.24. The third-order valence-corrected chi connectivity index (χ3v) is 6.22. The smallest absolute Gasteiger partial charge is 0.120 e. The van der Waals surface area contributed by atoms with Crippen LogP contribution in [0.5, 0.6) is 0 Å². The predicted octanol–water partition coefficient (Wildman–Crippen LogP) is 3.89. The average Bonchev–Trinajstić information content (AvgIpc) is 2.83. The van der Waals surface area contributed by atoms with E-state index in [1.807, 2.05) is 23.9 Å². The molecule has 0 amide bonds. The molecule has 3 nitrogen and oxygen atoms in total. The molecule has 2 heterocycles. The van der Waals surface area contributed by atoms with Crippen LogP contribution in [0.15, 0.2) is 12.5 Å². The van der Waals surface area contributed by atoms with Gasteiger partial charge in [-0.25, -0.2) is 4.98 Å². The Labute approximate surface area is 117 Å². The number of rotatable bonds is 3. The molecule has 102 valence electrons. The third-order valence-electron chi connectivity index (χ3n) is 4.94. The molecule has 2 saturated carbocycles. The Morgan fingerprint density at radius 1 is 1.42 bits per heavy atom. The summed E-state index contributed by atoms with van der Waals surface area (Å²) in [6, 6.07) is 0. The minimum Gasteiger partial charge on any atom is -0.386 e. The molecule has 0 aliphatic heterocycles. The minimum atomic E-state index is -0.339. The van der Waals surface area contributed by atoms with Crippen LogP contribution < -0.4 is 0 Å². The van der Waals surface area contributed by atoms with E-state index in [0.29, 0.717) is 5.92 Å². The maximum Gasteiger partial charge on any atom is 0.120 e. The minimum absolute atomic E-state index is 0.0575. The lowest BCUT2D eigenvalue weighted by atomic mass is 9.80. The van der Waals surface area contributed by atoms with Gasteiger partial charge in [-0.1, -0.05) is 19.8 Å². The first-order valence-electron chi connectivity index (χ1n) is 7.32. The topological polar surface area (TPSA) is 37.5 Å². The maximum atomic E-state index is 11.0. The zero-order chi connectivity index (χ0) is 13.0. The van der Waals surface area contributed by atoms with Gasteiger partial charge in [-0.05, 0) is 37.0 Å². The van der Waals surface area contributed by atoms with E-state index in [0.717, 1.165) is 18.5 Å². The fraction of sp³-hybridized carbons (Fsp3) is 0.667. The second kappa shape index (κ2) is 4.06. The molecular weight excluding hydrogens is 256 g/mol. The Hall–Kier alpha value is -0.870. The Morgan fingerprint density at radius 2 is 2.16 bits per heavy atom. The van der Waals surface area contributed by atoms with Crippen molar-refractivity contribution in [1.29, 1.82) is 0 Å². The molecule has 2 aliphatic carbocycles. The number of aliphatic hydroxyl groups excluding tert-OH is 1. The highest BCUT2D eigenvalue weighted by atomic mass is 32.1. The molecule has 19 heavy (non-hydrogen) atoms. The number of hydrogen-bond acceptors (Lipinski definition) is 3. The Morgan fingerprint density at radius 3 is 2.84 bits per heavy atom. The summed E-state index contributed by atoms with van der Waals surface area (Å²) in [6.45, 7) is 2.25. The van der Waals surface area contributed by atoms with Crippen LogP contribution in [0.4, 0.5) is 0 Å². The third kappa shape index (κ3) is 1.77. The van der Waals surface area contributed by atoms with Gasteiger partial charge in [-0.15, -0.1) is 11.3 Å². The summed E-state index contributed by atoms with van der Waals surface area (Å²) in [5.41, 5.74) is 1.20. The Kier molecular flexibility index (Phi) is 2.55.